The minimum absolute atomic E-state index is 0.0382. The van der Waals surface area contributed by atoms with Crippen molar-refractivity contribution in [3.05, 3.63) is 0 Å². The summed E-state index contributed by atoms with van der Waals surface area (Å²) in [5, 5.41) is 4.22. The van der Waals surface area contributed by atoms with Crippen molar-refractivity contribution in [1.29, 1.82) is 0 Å². The summed E-state index contributed by atoms with van der Waals surface area (Å²) in [6, 6.07) is 0. The Labute approximate surface area is 124 Å². The summed E-state index contributed by atoms with van der Waals surface area (Å²) in [7, 11) is -2.60. The molecule has 0 heterocycles. The maximum atomic E-state index is 12.5. The van der Waals surface area contributed by atoms with E-state index in [9.17, 15) is 4.57 Å². The predicted octanol–water partition coefficient (Wildman–Crippen LogP) is 5.00. The van der Waals surface area contributed by atoms with Crippen LogP contribution in [-0.2, 0) is 18.1 Å². The lowest BCUT2D eigenvalue weighted by Crippen LogP contribution is -2.39. The van der Waals surface area contributed by atoms with Gasteiger partial charge in [-0.25, -0.2) is 0 Å². The van der Waals surface area contributed by atoms with E-state index in [2.05, 4.69) is 45.9 Å². The molecule has 0 aromatic rings. The van der Waals surface area contributed by atoms with Crippen LogP contribution in [0.4, 0.5) is 0 Å². The monoisotopic (exact) mass is 323 g/mol. The van der Waals surface area contributed by atoms with Gasteiger partial charge in [-0.2, -0.15) is 0 Å². The van der Waals surface area contributed by atoms with Crippen molar-refractivity contribution in [2.75, 3.05) is 14.2 Å². The van der Waals surface area contributed by atoms with Gasteiger partial charge in [-0.15, -0.1) is 0 Å². The highest BCUT2D eigenvalue weighted by atomic mass is 31.2. The number of unbranched alkanes of at least 4 members (excludes halogenated alkanes) is 1. The number of nitrogens with zero attached hydrogens (tertiary/aromatic N) is 1. The van der Waals surface area contributed by atoms with E-state index in [0.29, 0.717) is 11.9 Å². The summed E-state index contributed by atoms with van der Waals surface area (Å²) in [5.41, 5.74) is 0.383. The Kier molecular flexibility index (Phi) is 7.67. The van der Waals surface area contributed by atoms with E-state index in [1.165, 1.54) is 14.2 Å². The van der Waals surface area contributed by atoms with Gasteiger partial charge >= 0.3 is 7.60 Å². The largest absolute Gasteiger partial charge is 0.454 e. The average molecular weight is 323 g/mol. The molecule has 0 aliphatic carbocycles. The van der Waals surface area contributed by atoms with Crippen LogP contribution >= 0.6 is 7.60 Å². The molecule has 7 heteroatoms. The van der Waals surface area contributed by atoms with Crippen LogP contribution in [0.15, 0.2) is 5.16 Å². The fraction of sp³-hybridized carbons (Fsp3) is 0.923. The molecule has 0 aliphatic heterocycles. The van der Waals surface area contributed by atoms with Crippen LogP contribution in [-0.4, -0.2) is 28.0 Å². The third-order valence-electron chi connectivity index (χ3n) is 3.74. The van der Waals surface area contributed by atoms with Crippen molar-refractivity contribution in [1.82, 2.24) is 0 Å². The Morgan fingerprint density at radius 1 is 1.20 bits per heavy atom. The van der Waals surface area contributed by atoms with Crippen molar-refractivity contribution in [3.8, 4) is 0 Å². The van der Waals surface area contributed by atoms with Crippen LogP contribution in [0.25, 0.3) is 0 Å². The lowest BCUT2D eigenvalue weighted by atomic mass is 10.2. The molecule has 0 saturated carbocycles. The lowest BCUT2D eigenvalue weighted by molar-refractivity contribution is 0.281. The molecule has 120 valence electrons. The van der Waals surface area contributed by atoms with Crippen LogP contribution in [0.5, 0.6) is 0 Å². The summed E-state index contributed by atoms with van der Waals surface area (Å²) >= 11 is 0. The van der Waals surface area contributed by atoms with Gasteiger partial charge < -0.3 is 13.6 Å². The molecule has 0 aromatic heterocycles. The van der Waals surface area contributed by atoms with Crippen molar-refractivity contribution in [2.24, 2.45) is 5.16 Å². The van der Waals surface area contributed by atoms with Gasteiger partial charge in [0.2, 0.25) is 0 Å². The maximum absolute atomic E-state index is 12.5. The minimum Gasteiger partial charge on any atom is -0.454 e. The van der Waals surface area contributed by atoms with Crippen LogP contribution in [0.1, 0.15) is 47.0 Å². The normalized spacial score (nSPS) is 14.5. The second kappa shape index (κ2) is 7.73. The maximum Gasteiger partial charge on any atom is 0.378 e. The van der Waals surface area contributed by atoms with Crippen molar-refractivity contribution in [3.63, 3.8) is 0 Å². The van der Waals surface area contributed by atoms with Crippen molar-refractivity contribution in [2.45, 2.75) is 65.1 Å². The molecule has 0 rings (SSSR count). The third kappa shape index (κ3) is 5.32. The first-order valence-corrected chi connectivity index (χ1v) is 11.5. The Balaban J connectivity index is 5.25. The molecule has 20 heavy (non-hydrogen) atoms. The van der Waals surface area contributed by atoms with E-state index in [4.69, 9.17) is 13.6 Å². The van der Waals surface area contributed by atoms with E-state index >= 15 is 0 Å². The number of oxime groups is 1. The van der Waals surface area contributed by atoms with Gasteiger partial charge in [-0.1, -0.05) is 39.3 Å². The van der Waals surface area contributed by atoms with E-state index in [1.807, 2.05) is 0 Å². The number of hydrogen-bond donors (Lipinski definition) is 0. The van der Waals surface area contributed by atoms with Crippen molar-refractivity contribution < 1.29 is 18.1 Å². The Bertz CT molecular complexity index is 369. The number of hydrogen-bond acceptors (Lipinski definition) is 5. The van der Waals surface area contributed by atoms with Crippen molar-refractivity contribution >= 4 is 21.4 Å². The molecule has 0 N–H and O–H groups in total. The molecule has 0 radical (unpaired) electrons. The summed E-state index contributed by atoms with van der Waals surface area (Å²) < 4.78 is 28.4. The first kappa shape index (κ1) is 19.8. The highest BCUT2D eigenvalue weighted by molar-refractivity contribution is 7.72. The lowest BCUT2D eigenvalue weighted by Gasteiger charge is -2.33. The first-order valence-electron chi connectivity index (χ1n) is 7.01. The zero-order valence-corrected chi connectivity index (χ0v) is 16.0. The quantitative estimate of drug-likeness (QED) is 0.273. The fourth-order valence-electron chi connectivity index (χ4n) is 1.16. The minimum atomic E-state index is -3.31. The Morgan fingerprint density at radius 2 is 1.70 bits per heavy atom. The predicted molar refractivity (Wildman–Crippen MR) is 86.9 cm³/mol. The highest BCUT2D eigenvalue weighted by Crippen LogP contribution is 2.50. The molecule has 0 aromatic carbocycles. The molecule has 0 spiro atoms. The van der Waals surface area contributed by atoms with Gasteiger partial charge in [0, 0.05) is 20.6 Å². The molecule has 0 aliphatic rings. The zero-order chi connectivity index (χ0) is 16.0. The standard InChI is InChI=1S/C13H30NO4PSi/c1-9-10-11-12(19(15,16-5)17-6)14-18-20(7,8)13(2,3)4/h9-11H2,1-8H3/b14-12+. The smallest absolute Gasteiger partial charge is 0.378 e. The van der Waals surface area contributed by atoms with Gasteiger partial charge in [0.05, 0.1) is 0 Å². The SMILES string of the molecule is CCCC/C(=N\O[Si](C)(C)C(C)(C)C)P(=O)(OC)OC. The van der Waals surface area contributed by atoms with Gasteiger partial charge in [-0.05, 0) is 24.6 Å². The van der Waals surface area contributed by atoms with Crippen LogP contribution in [0, 0.1) is 0 Å². The van der Waals surface area contributed by atoms with Gasteiger partial charge in [0.15, 0.2) is 5.45 Å². The summed E-state index contributed by atoms with van der Waals surface area (Å²) in [4.78, 5) is 0. The van der Waals surface area contributed by atoms with Crippen LogP contribution in [0.2, 0.25) is 18.1 Å². The summed E-state index contributed by atoms with van der Waals surface area (Å²) in [6.45, 7) is 12.7. The molecule has 0 unspecified atom stereocenters. The molecule has 0 bridgehead atoms. The van der Waals surface area contributed by atoms with Gasteiger partial charge in [0.25, 0.3) is 8.32 Å². The van der Waals surface area contributed by atoms with E-state index < -0.39 is 15.9 Å². The summed E-state index contributed by atoms with van der Waals surface area (Å²) in [5.74, 6) is 0. The Morgan fingerprint density at radius 3 is 2.05 bits per heavy atom. The third-order valence-corrected chi connectivity index (χ3v) is 9.80. The van der Waals surface area contributed by atoms with E-state index in [1.54, 1.807) is 0 Å². The molecule has 0 fully saturated rings. The topological polar surface area (TPSA) is 57.1 Å². The van der Waals surface area contributed by atoms with Gasteiger partial charge in [0.1, 0.15) is 0 Å². The molecule has 0 amide bonds. The zero-order valence-electron chi connectivity index (χ0n) is 14.1. The fourth-order valence-corrected chi connectivity index (χ4v) is 2.99. The first-order chi connectivity index (χ1) is 9.04. The van der Waals surface area contributed by atoms with E-state index in [0.717, 1.165) is 12.8 Å². The van der Waals surface area contributed by atoms with E-state index in [-0.39, 0.29) is 5.04 Å². The highest BCUT2D eigenvalue weighted by Gasteiger charge is 2.40. The number of rotatable bonds is 8. The molecule has 5 nitrogen and oxygen atoms in total. The average Bonchev–Trinajstić information content (AvgIpc) is 2.36. The molecule has 0 atom stereocenters. The molecular formula is C13H30NO4PSi. The Hall–Kier alpha value is -0.163. The van der Waals surface area contributed by atoms with Crippen LogP contribution < -0.4 is 0 Å². The second-order valence-electron chi connectivity index (χ2n) is 6.33. The molecule has 0 saturated heterocycles. The van der Waals surface area contributed by atoms with Gasteiger partial charge in [-0.3, -0.25) is 4.57 Å². The summed E-state index contributed by atoms with van der Waals surface area (Å²) in [6.07, 6.45) is 2.41. The second-order valence-corrected chi connectivity index (χ2v) is 13.3. The molecular weight excluding hydrogens is 293 g/mol. The van der Waals surface area contributed by atoms with Crippen LogP contribution in [0.3, 0.4) is 0 Å².